The maximum atomic E-state index is 12.8. The van der Waals surface area contributed by atoms with Gasteiger partial charge in [-0.15, -0.1) is 10.2 Å². The molecule has 0 radical (unpaired) electrons. The Bertz CT molecular complexity index is 763. The molecule has 1 saturated heterocycles. The normalized spacial score (nSPS) is 17.2. The van der Waals surface area contributed by atoms with E-state index < -0.39 is 6.10 Å². The Morgan fingerprint density at radius 1 is 1.38 bits per heavy atom. The summed E-state index contributed by atoms with van der Waals surface area (Å²) in [7, 11) is 0. The third-order valence-electron chi connectivity index (χ3n) is 3.79. The molecule has 0 saturated carbocycles. The van der Waals surface area contributed by atoms with Gasteiger partial charge in [0.1, 0.15) is 6.10 Å². The van der Waals surface area contributed by atoms with Crippen molar-refractivity contribution < 1.29 is 14.3 Å². The molecule has 10 nitrogen and oxygen atoms in total. The van der Waals surface area contributed by atoms with Gasteiger partial charge in [0.05, 0.1) is 13.2 Å². The topological polar surface area (TPSA) is 125 Å². The summed E-state index contributed by atoms with van der Waals surface area (Å²) in [6.45, 7) is 4.94. The second-order valence-corrected chi connectivity index (χ2v) is 6.21. The highest BCUT2D eigenvalue weighted by Gasteiger charge is 2.28. The van der Waals surface area contributed by atoms with Crippen molar-refractivity contribution >= 4 is 17.6 Å². The number of hydrogen-bond donors (Lipinski definition) is 3. The minimum absolute atomic E-state index is 0.0234. The summed E-state index contributed by atoms with van der Waals surface area (Å²) in [6, 6.07) is 6.55. The van der Waals surface area contributed by atoms with E-state index in [9.17, 15) is 9.59 Å². The largest absolute Gasteiger partial charge is 0.366 e. The third-order valence-corrected chi connectivity index (χ3v) is 3.79. The minimum Gasteiger partial charge on any atom is -0.366 e. The molecule has 1 aromatic carbocycles. The van der Waals surface area contributed by atoms with Gasteiger partial charge in [-0.25, -0.2) is 4.79 Å². The van der Waals surface area contributed by atoms with Gasteiger partial charge in [0.2, 0.25) is 5.82 Å². The quantitative estimate of drug-likeness (QED) is 0.746. The van der Waals surface area contributed by atoms with Crippen molar-refractivity contribution in [3.8, 4) is 0 Å². The van der Waals surface area contributed by atoms with Crippen LogP contribution in [0.25, 0.3) is 0 Å². The Morgan fingerprint density at radius 2 is 2.23 bits per heavy atom. The van der Waals surface area contributed by atoms with Gasteiger partial charge >= 0.3 is 6.03 Å². The molecule has 0 spiro atoms. The Labute approximate surface area is 150 Å². The molecular weight excluding hydrogens is 338 g/mol. The lowest BCUT2D eigenvalue weighted by atomic mass is 10.1. The maximum absolute atomic E-state index is 12.8. The molecular formula is C16H21N7O3. The van der Waals surface area contributed by atoms with Crippen LogP contribution in [0.1, 0.15) is 36.1 Å². The summed E-state index contributed by atoms with van der Waals surface area (Å²) in [6.07, 6.45) is -0.412. The zero-order valence-corrected chi connectivity index (χ0v) is 14.6. The van der Waals surface area contributed by atoms with Crippen LogP contribution in [-0.4, -0.2) is 63.2 Å². The van der Waals surface area contributed by atoms with Crippen molar-refractivity contribution in [3.05, 3.63) is 35.7 Å². The van der Waals surface area contributed by atoms with E-state index in [2.05, 4.69) is 31.3 Å². The average molecular weight is 359 g/mol. The number of benzene rings is 1. The number of urea groups is 1. The number of carbonyl (C=O) groups is 2. The van der Waals surface area contributed by atoms with Crippen LogP contribution in [0.2, 0.25) is 0 Å². The van der Waals surface area contributed by atoms with E-state index >= 15 is 0 Å². The molecule has 1 unspecified atom stereocenters. The first kappa shape index (κ1) is 17.8. The van der Waals surface area contributed by atoms with Crippen LogP contribution in [0, 0.1) is 0 Å². The molecule has 1 aliphatic heterocycles. The smallest absolute Gasteiger partial charge is 0.319 e. The highest BCUT2D eigenvalue weighted by molar-refractivity contribution is 5.97. The summed E-state index contributed by atoms with van der Waals surface area (Å²) in [4.78, 5) is 26.3. The Balaban J connectivity index is 1.67. The zero-order valence-electron chi connectivity index (χ0n) is 14.6. The molecule has 10 heteroatoms. The number of aromatic nitrogens is 4. The number of ether oxygens (including phenoxy) is 1. The molecule has 2 heterocycles. The summed E-state index contributed by atoms with van der Waals surface area (Å²) >= 11 is 0. The number of carbonyl (C=O) groups excluding carboxylic acids is 2. The first-order valence-corrected chi connectivity index (χ1v) is 8.34. The van der Waals surface area contributed by atoms with Crippen LogP contribution >= 0.6 is 0 Å². The number of amides is 3. The number of rotatable bonds is 4. The van der Waals surface area contributed by atoms with Gasteiger partial charge in [-0.3, -0.25) is 4.79 Å². The molecule has 2 aromatic rings. The molecule has 0 aliphatic carbocycles. The molecule has 1 fully saturated rings. The summed E-state index contributed by atoms with van der Waals surface area (Å²) < 4.78 is 5.61. The predicted octanol–water partition coefficient (Wildman–Crippen LogP) is 0.943. The molecule has 3 N–H and O–H groups in total. The van der Waals surface area contributed by atoms with Gasteiger partial charge in [0.15, 0.2) is 0 Å². The number of hydrogen-bond acceptors (Lipinski definition) is 6. The molecule has 138 valence electrons. The molecule has 1 atom stereocenters. The summed E-state index contributed by atoms with van der Waals surface area (Å²) in [5.74, 6) is 0.276. The molecule has 1 aromatic heterocycles. The number of aromatic amines is 1. The van der Waals surface area contributed by atoms with Gasteiger partial charge in [0, 0.05) is 23.8 Å². The van der Waals surface area contributed by atoms with Gasteiger partial charge in [-0.1, -0.05) is 11.3 Å². The van der Waals surface area contributed by atoms with Crippen LogP contribution in [0.15, 0.2) is 24.3 Å². The van der Waals surface area contributed by atoms with Crippen LogP contribution < -0.4 is 10.6 Å². The van der Waals surface area contributed by atoms with Crippen LogP contribution in [0.5, 0.6) is 0 Å². The minimum atomic E-state index is -0.412. The van der Waals surface area contributed by atoms with Crippen LogP contribution in [0.3, 0.4) is 0 Å². The number of tetrazole rings is 1. The van der Waals surface area contributed by atoms with Gasteiger partial charge in [0.25, 0.3) is 5.91 Å². The third kappa shape index (κ3) is 4.33. The molecule has 0 bridgehead atoms. The second-order valence-electron chi connectivity index (χ2n) is 6.21. The first-order chi connectivity index (χ1) is 12.5. The van der Waals surface area contributed by atoms with Crippen molar-refractivity contribution in [2.24, 2.45) is 0 Å². The number of morpholine rings is 1. The summed E-state index contributed by atoms with van der Waals surface area (Å²) in [5.41, 5.74) is 1.04. The monoisotopic (exact) mass is 359 g/mol. The Kier molecular flexibility index (Phi) is 5.42. The Morgan fingerprint density at radius 3 is 2.96 bits per heavy atom. The summed E-state index contributed by atoms with van der Waals surface area (Å²) in [5, 5.41) is 19.2. The van der Waals surface area contributed by atoms with E-state index in [4.69, 9.17) is 4.74 Å². The second kappa shape index (κ2) is 7.91. The average Bonchev–Trinajstić information content (AvgIpc) is 3.15. The predicted molar refractivity (Wildman–Crippen MR) is 92.5 cm³/mol. The highest BCUT2D eigenvalue weighted by Crippen LogP contribution is 2.21. The molecule has 3 rings (SSSR count). The van der Waals surface area contributed by atoms with E-state index in [0.717, 1.165) is 0 Å². The standard InChI is InChI=1S/C16H21N7O3/c1-10(2)17-16(25)18-12-5-3-4-11(8-12)15(24)23-6-7-26-13(9-23)14-19-21-22-20-14/h3-5,8,10,13H,6-7,9H2,1-2H3,(H2,17,18,25)(H,19,20,21,22). The van der Waals surface area contributed by atoms with E-state index in [-0.39, 0.29) is 18.0 Å². The van der Waals surface area contributed by atoms with E-state index in [0.29, 0.717) is 36.8 Å². The number of H-pyrrole nitrogens is 1. The van der Waals surface area contributed by atoms with Crippen molar-refractivity contribution in [1.82, 2.24) is 30.8 Å². The van der Waals surface area contributed by atoms with Gasteiger partial charge < -0.3 is 20.3 Å². The van der Waals surface area contributed by atoms with Gasteiger partial charge in [-0.2, -0.15) is 5.21 Å². The van der Waals surface area contributed by atoms with Gasteiger partial charge in [-0.05, 0) is 32.0 Å². The molecule has 1 aliphatic rings. The van der Waals surface area contributed by atoms with E-state index in [1.54, 1.807) is 29.2 Å². The number of anilines is 1. The molecule has 26 heavy (non-hydrogen) atoms. The fourth-order valence-electron chi connectivity index (χ4n) is 2.64. The van der Waals surface area contributed by atoms with Crippen molar-refractivity contribution in [2.45, 2.75) is 26.0 Å². The lowest BCUT2D eigenvalue weighted by Gasteiger charge is -2.31. The van der Waals surface area contributed by atoms with Crippen LogP contribution in [-0.2, 0) is 4.74 Å². The van der Waals surface area contributed by atoms with Crippen molar-refractivity contribution in [3.63, 3.8) is 0 Å². The number of nitrogens with zero attached hydrogens (tertiary/aromatic N) is 4. The fourth-order valence-corrected chi connectivity index (χ4v) is 2.64. The Hall–Kier alpha value is -3.01. The van der Waals surface area contributed by atoms with Crippen molar-refractivity contribution in [1.29, 1.82) is 0 Å². The van der Waals surface area contributed by atoms with E-state index in [1.807, 2.05) is 13.8 Å². The first-order valence-electron chi connectivity index (χ1n) is 8.34. The van der Waals surface area contributed by atoms with Crippen molar-refractivity contribution in [2.75, 3.05) is 25.0 Å². The lowest BCUT2D eigenvalue weighted by Crippen LogP contribution is -2.42. The van der Waals surface area contributed by atoms with E-state index in [1.165, 1.54) is 0 Å². The SMILES string of the molecule is CC(C)NC(=O)Nc1cccc(C(=O)N2CCOC(c3nn[nH]n3)C2)c1. The number of nitrogens with one attached hydrogen (secondary N) is 3. The lowest BCUT2D eigenvalue weighted by molar-refractivity contribution is -0.0268. The van der Waals surface area contributed by atoms with Crippen LogP contribution in [0.4, 0.5) is 10.5 Å². The maximum Gasteiger partial charge on any atom is 0.319 e. The zero-order chi connectivity index (χ0) is 18.5. The fraction of sp³-hybridized carbons (Fsp3) is 0.438. The highest BCUT2D eigenvalue weighted by atomic mass is 16.5. The molecule has 3 amide bonds.